The standard InChI is InChI=1S/C16H10N6O3S/c23-13(11-7-17-5-6-18-11)19-16-21-20-12(26-16)8-22-14(24)9-3-1-2-4-10(9)15(22)25/h1-7H,8H2,(H,19,21,23). The van der Waals surface area contributed by atoms with Gasteiger partial charge in [0.15, 0.2) is 0 Å². The van der Waals surface area contributed by atoms with Crippen LogP contribution in [0, 0.1) is 0 Å². The molecule has 0 bridgehead atoms. The number of amides is 3. The van der Waals surface area contributed by atoms with E-state index in [0.717, 1.165) is 16.2 Å². The number of benzene rings is 1. The minimum absolute atomic E-state index is 0.00890. The molecule has 4 rings (SSSR count). The van der Waals surface area contributed by atoms with Crippen LogP contribution in [0.4, 0.5) is 5.13 Å². The Kier molecular flexibility index (Phi) is 3.93. The molecule has 9 nitrogen and oxygen atoms in total. The Hall–Kier alpha value is -3.53. The maximum Gasteiger partial charge on any atom is 0.277 e. The Balaban J connectivity index is 1.47. The summed E-state index contributed by atoms with van der Waals surface area (Å²) in [6.45, 7) is -0.00890. The van der Waals surface area contributed by atoms with E-state index in [-0.39, 0.29) is 29.2 Å². The van der Waals surface area contributed by atoms with E-state index < -0.39 is 5.91 Å². The fourth-order valence-corrected chi connectivity index (χ4v) is 3.19. The second-order valence-electron chi connectivity index (χ2n) is 5.29. The second kappa shape index (κ2) is 6.41. The van der Waals surface area contributed by atoms with Gasteiger partial charge in [0.2, 0.25) is 5.13 Å². The van der Waals surface area contributed by atoms with Gasteiger partial charge in [0.25, 0.3) is 17.7 Å². The van der Waals surface area contributed by atoms with E-state index in [9.17, 15) is 14.4 Å². The molecule has 0 atom stereocenters. The molecule has 0 aliphatic carbocycles. The maximum atomic E-state index is 12.4. The lowest BCUT2D eigenvalue weighted by Crippen LogP contribution is -2.29. The summed E-state index contributed by atoms with van der Waals surface area (Å²) in [7, 11) is 0. The third kappa shape index (κ3) is 2.82. The molecule has 1 N–H and O–H groups in total. The Bertz CT molecular complexity index is 985. The zero-order valence-corrected chi connectivity index (χ0v) is 13.9. The Morgan fingerprint density at radius 2 is 1.81 bits per heavy atom. The molecule has 3 amide bonds. The van der Waals surface area contributed by atoms with Gasteiger partial charge in [-0.2, -0.15) is 0 Å². The summed E-state index contributed by atoms with van der Waals surface area (Å²) in [6, 6.07) is 6.64. The van der Waals surface area contributed by atoms with Gasteiger partial charge in [0, 0.05) is 12.4 Å². The Morgan fingerprint density at radius 1 is 1.08 bits per heavy atom. The van der Waals surface area contributed by atoms with Crippen LogP contribution in [-0.4, -0.2) is 42.8 Å². The number of carbonyl (C=O) groups is 3. The summed E-state index contributed by atoms with van der Waals surface area (Å²) >= 11 is 1.08. The first-order valence-electron chi connectivity index (χ1n) is 7.48. The lowest BCUT2D eigenvalue weighted by molar-refractivity contribution is 0.0641. The number of fused-ring (bicyclic) bond motifs is 1. The molecular weight excluding hydrogens is 356 g/mol. The van der Waals surface area contributed by atoms with Crippen LogP contribution in [0.25, 0.3) is 0 Å². The molecule has 0 unspecified atom stereocenters. The van der Waals surface area contributed by atoms with E-state index in [1.54, 1.807) is 24.3 Å². The quantitative estimate of drug-likeness (QED) is 0.693. The van der Waals surface area contributed by atoms with Gasteiger partial charge < -0.3 is 0 Å². The van der Waals surface area contributed by atoms with Crippen LogP contribution in [0.1, 0.15) is 36.2 Å². The van der Waals surface area contributed by atoms with Crippen LogP contribution in [0.5, 0.6) is 0 Å². The zero-order valence-electron chi connectivity index (χ0n) is 13.1. The van der Waals surface area contributed by atoms with E-state index in [1.165, 1.54) is 18.6 Å². The fourth-order valence-electron chi connectivity index (χ4n) is 2.46. The third-order valence-corrected chi connectivity index (χ3v) is 4.48. The highest BCUT2D eigenvalue weighted by atomic mass is 32.1. The first-order chi connectivity index (χ1) is 12.6. The first kappa shape index (κ1) is 16.0. The number of carbonyl (C=O) groups excluding carboxylic acids is 3. The minimum Gasteiger partial charge on any atom is -0.295 e. The lowest BCUT2D eigenvalue weighted by Gasteiger charge is -2.10. The molecule has 128 valence electrons. The third-order valence-electron chi connectivity index (χ3n) is 3.65. The van der Waals surface area contributed by atoms with E-state index in [2.05, 4.69) is 25.5 Å². The van der Waals surface area contributed by atoms with Crippen molar-refractivity contribution in [2.75, 3.05) is 5.32 Å². The van der Waals surface area contributed by atoms with E-state index in [4.69, 9.17) is 0 Å². The summed E-state index contributed by atoms with van der Waals surface area (Å²) in [5, 5.41) is 11.0. The molecule has 0 spiro atoms. The molecule has 10 heteroatoms. The lowest BCUT2D eigenvalue weighted by atomic mass is 10.1. The number of rotatable bonds is 4. The largest absolute Gasteiger partial charge is 0.295 e. The molecule has 0 fully saturated rings. The van der Waals surface area contributed by atoms with E-state index in [1.807, 2.05) is 0 Å². The molecular formula is C16H10N6O3S. The summed E-state index contributed by atoms with van der Waals surface area (Å²) in [5.41, 5.74) is 0.890. The van der Waals surface area contributed by atoms with Gasteiger partial charge in [0.05, 0.1) is 23.9 Å². The summed E-state index contributed by atoms with van der Waals surface area (Å²) < 4.78 is 0. The predicted molar refractivity (Wildman–Crippen MR) is 90.5 cm³/mol. The van der Waals surface area contributed by atoms with Gasteiger partial charge in [-0.05, 0) is 12.1 Å². The number of nitrogens with one attached hydrogen (secondary N) is 1. The van der Waals surface area contributed by atoms with Crippen molar-refractivity contribution in [2.24, 2.45) is 0 Å². The van der Waals surface area contributed by atoms with Gasteiger partial charge in [0.1, 0.15) is 10.7 Å². The van der Waals surface area contributed by atoms with Gasteiger partial charge in [-0.3, -0.25) is 29.6 Å². The number of imide groups is 1. The van der Waals surface area contributed by atoms with Gasteiger partial charge in [-0.25, -0.2) is 4.98 Å². The van der Waals surface area contributed by atoms with Crippen LogP contribution in [0.15, 0.2) is 42.9 Å². The molecule has 3 heterocycles. The van der Waals surface area contributed by atoms with Crippen LogP contribution >= 0.6 is 11.3 Å². The summed E-state index contributed by atoms with van der Waals surface area (Å²) in [4.78, 5) is 45.6. The minimum atomic E-state index is -0.471. The van der Waals surface area contributed by atoms with Crippen molar-refractivity contribution < 1.29 is 14.4 Å². The molecule has 0 saturated carbocycles. The van der Waals surface area contributed by atoms with Crippen molar-refractivity contribution in [1.29, 1.82) is 0 Å². The smallest absolute Gasteiger partial charge is 0.277 e. The number of nitrogens with zero attached hydrogens (tertiary/aromatic N) is 5. The van der Waals surface area contributed by atoms with Crippen LogP contribution < -0.4 is 5.32 Å². The molecule has 1 aromatic carbocycles. The number of anilines is 1. The monoisotopic (exact) mass is 366 g/mol. The van der Waals surface area contributed by atoms with Crippen molar-refractivity contribution in [3.8, 4) is 0 Å². The highest BCUT2D eigenvalue weighted by molar-refractivity contribution is 7.15. The van der Waals surface area contributed by atoms with Crippen molar-refractivity contribution in [1.82, 2.24) is 25.1 Å². The van der Waals surface area contributed by atoms with Crippen molar-refractivity contribution in [3.63, 3.8) is 0 Å². The summed E-state index contributed by atoms with van der Waals surface area (Å²) in [6.07, 6.45) is 4.20. The predicted octanol–water partition coefficient (Wildman–Crippen LogP) is 1.38. The highest BCUT2D eigenvalue weighted by Gasteiger charge is 2.35. The van der Waals surface area contributed by atoms with Gasteiger partial charge >= 0.3 is 0 Å². The second-order valence-corrected chi connectivity index (χ2v) is 6.35. The molecule has 0 saturated heterocycles. The topological polar surface area (TPSA) is 118 Å². The SMILES string of the molecule is O=C(Nc1nnc(CN2C(=O)c3ccccc3C2=O)s1)c1cnccn1. The van der Waals surface area contributed by atoms with E-state index >= 15 is 0 Å². The van der Waals surface area contributed by atoms with Gasteiger partial charge in [-0.15, -0.1) is 10.2 Å². The van der Waals surface area contributed by atoms with Crippen molar-refractivity contribution in [2.45, 2.75) is 6.54 Å². The highest BCUT2D eigenvalue weighted by Crippen LogP contribution is 2.26. The number of hydrogen-bond acceptors (Lipinski definition) is 8. The molecule has 26 heavy (non-hydrogen) atoms. The molecule has 2 aromatic heterocycles. The first-order valence-corrected chi connectivity index (χ1v) is 8.30. The number of aromatic nitrogens is 4. The maximum absolute atomic E-state index is 12.4. The molecule has 0 radical (unpaired) electrons. The molecule has 3 aromatic rings. The van der Waals surface area contributed by atoms with Crippen molar-refractivity contribution in [3.05, 3.63) is 64.7 Å². The van der Waals surface area contributed by atoms with Crippen LogP contribution in [0.2, 0.25) is 0 Å². The van der Waals surface area contributed by atoms with E-state index in [0.29, 0.717) is 16.1 Å². The summed E-state index contributed by atoms with van der Waals surface area (Å²) in [5.74, 6) is -1.21. The zero-order chi connectivity index (χ0) is 18.1. The van der Waals surface area contributed by atoms with Crippen LogP contribution in [-0.2, 0) is 6.54 Å². The Morgan fingerprint density at radius 3 is 2.46 bits per heavy atom. The Labute approximate surface area is 150 Å². The molecule has 1 aliphatic heterocycles. The number of hydrogen-bond donors (Lipinski definition) is 1. The van der Waals surface area contributed by atoms with Gasteiger partial charge in [-0.1, -0.05) is 23.5 Å². The molecule has 1 aliphatic rings. The van der Waals surface area contributed by atoms with Crippen LogP contribution in [0.3, 0.4) is 0 Å². The normalized spacial score (nSPS) is 13.0. The average Bonchev–Trinajstić information content (AvgIpc) is 3.21. The van der Waals surface area contributed by atoms with Crippen molar-refractivity contribution >= 4 is 34.2 Å². The average molecular weight is 366 g/mol. The fraction of sp³-hybridized carbons (Fsp3) is 0.0625.